The van der Waals surface area contributed by atoms with Crippen molar-refractivity contribution < 1.29 is 4.79 Å². The van der Waals surface area contributed by atoms with E-state index in [0.717, 1.165) is 17.9 Å². The zero-order valence-corrected chi connectivity index (χ0v) is 16.7. The molecule has 0 fully saturated rings. The van der Waals surface area contributed by atoms with Crippen LogP contribution in [0.3, 0.4) is 0 Å². The molecule has 0 saturated carbocycles. The molecule has 4 nitrogen and oxygen atoms in total. The standard InChI is InChI=1S/C24H27N3O/c1-18(2)27(17-20-10-5-4-6-11-20)23-14-13-22(16-25-23)24(28)26-15-21-12-8-7-9-19(21)3/h4-14,16,18H,15,17H2,1-3H3,(H,26,28). The molecule has 1 amide bonds. The van der Waals surface area contributed by atoms with Crippen molar-refractivity contribution in [3.63, 3.8) is 0 Å². The number of carbonyl (C=O) groups excluding carboxylic acids is 1. The maximum Gasteiger partial charge on any atom is 0.253 e. The molecule has 0 atom stereocenters. The van der Waals surface area contributed by atoms with Crippen molar-refractivity contribution in [3.8, 4) is 0 Å². The Bertz CT molecular complexity index is 905. The van der Waals surface area contributed by atoms with Gasteiger partial charge in [-0.05, 0) is 49.6 Å². The van der Waals surface area contributed by atoms with Crippen LogP contribution in [0.2, 0.25) is 0 Å². The van der Waals surface area contributed by atoms with Gasteiger partial charge in [-0.2, -0.15) is 0 Å². The number of aryl methyl sites for hydroxylation is 1. The van der Waals surface area contributed by atoms with Gasteiger partial charge in [0, 0.05) is 25.3 Å². The average Bonchev–Trinajstić information content (AvgIpc) is 2.72. The molecule has 144 valence electrons. The first-order chi connectivity index (χ1) is 13.5. The Kier molecular flexibility index (Phi) is 6.43. The summed E-state index contributed by atoms with van der Waals surface area (Å²) in [5.74, 6) is 0.760. The molecule has 1 aromatic heterocycles. The molecular formula is C24H27N3O. The molecule has 1 N–H and O–H groups in total. The third-order valence-corrected chi connectivity index (χ3v) is 4.82. The normalized spacial score (nSPS) is 10.7. The summed E-state index contributed by atoms with van der Waals surface area (Å²) in [7, 11) is 0. The minimum Gasteiger partial charge on any atom is -0.350 e. The van der Waals surface area contributed by atoms with E-state index in [2.05, 4.69) is 41.2 Å². The van der Waals surface area contributed by atoms with Crippen LogP contribution in [0, 0.1) is 6.92 Å². The van der Waals surface area contributed by atoms with Crippen molar-refractivity contribution in [1.82, 2.24) is 10.3 Å². The van der Waals surface area contributed by atoms with Crippen LogP contribution < -0.4 is 10.2 Å². The van der Waals surface area contributed by atoms with Crippen molar-refractivity contribution in [1.29, 1.82) is 0 Å². The Morgan fingerprint density at radius 2 is 1.71 bits per heavy atom. The second kappa shape index (κ2) is 9.18. The van der Waals surface area contributed by atoms with E-state index in [4.69, 9.17) is 0 Å². The van der Waals surface area contributed by atoms with Crippen LogP contribution in [-0.2, 0) is 13.1 Å². The molecule has 3 aromatic rings. The lowest BCUT2D eigenvalue weighted by Gasteiger charge is -2.28. The van der Waals surface area contributed by atoms with Crippen molar-refractivity contribution >= 4 is 11.7 Å². The average molecular weight is 374 g/mol. The Labute approximate surface area is 167 Å². The van der Waals surface area contributed by atoms with Gasteiger partial charge in [-0.3, -0.25) is 4.79 Å². The van der Waals surface area contributed by atoms with Gasteiger partial charge in [0.2, 0.25) is 0 Å². The SMILES string of the molecule is Cc1ccccc1CNC(=O)c1ccc(N(Cc2ccccc2)C(C)C)nc1. The van der Waals surface area contributed by atoms with E-state index in [1.807, 2.05) is 61.5 Å². The number of benzene rings is 2. The second-order valence-electron chi connectivity index (χ2n) is 7.22. The summed E-state index contributed by atoms with van der Waals surface area (Å²) in [6.07, 6.45) is 1.66. The van der Waals surface area contributed by atoms with E-state index in [1.54, 1.807) is 6.20 Å². The first kappa shape index (κ1) is 19.6. The predicted molar refractivity (Wildman–Crippen MR) is 114 cm³/mol. The number of anilines is 1. The first-order valence-electron chi connectivity index (χ1n) is 9.64. The zero-order valence-electron chi connectivity index (χ0n) is 16.7. The van der Waals surface area contributed by atoms with Gasteiger partial charge in [0.15, 0.2) is 0 Å². The number of nitrogens with one attached hydrogen (secondary N) is 1. The van der Waals surface area contributed by atoms with Crippen molar-refractivity contribution in [2.24, 2.45) is 0 Å². The molecule has 0 aliphatic carbocycles. The monoisotopic (exact) mass is 373 g/mol. The quantitative estimate of drug-likeness (QED) is 0.651. The van der Waals surface area contributed by atoms with Crippen molar-refractivity contribution in [3.05, 3.63) is 95.2 Å². The van der Waals surface area contributed by atoms with E-state index >= 15 is 0 Å². The third kappa shape index (κ3) is 4.97. The summed E-state index contributed by atoms with van der Waals surface area (Å²) < 4.78 is 0. The van der Waals surface area contributed by atoms with Gasteiger partial charge in [-0.1, -0.05) is 54.6 Å². The van der Waals surface area contributed by atoms with Crippen LogP contribution in [-0.4, -0.2) is 16.9 Å². The lowest BCUT2D eigenvalue weighted by molar-refractivity contribution is 0.0950. The lowest BCUT2D eigenvalue weighted by atomic mass is 10.1. The molecule has 0 aliphatic heterocycles. The molecule has 0 bridgehead atoms. The molecule has 3 rings (SSSR count). The summed E-state index contributed by atoms with van der Waals surface area (Å²) in [4.78, 5) is 19.3. The number of carbonyl (C=O) groups is 1. The van der Waals surface area contributed by atoms with Crippen LogP contribution in [0.15, 0.2) is 72.9 Å². The van der Waals surface area contributed by atoms with Gasteiger partial charge in [0.25, 0.3) is 5.91 Å². The number of rotatable bonds is 7. The van der Waals surface area contributed by atoms with Crippen molar-refractivity contribution in [2.45, 2.75) is 39.9 Å². The molecule has 1 heterocycles. The van der Waals surface area contributed by atoms with Crippen LogP contribution in [0.5, 0.6) is 0 Å². The highest BCUT2D eigenvalue weighted by atomic mass is 16.1. The second-order valence-corrected chi connectivity index (χ2v) is 7.22. The Morgan fingerprint density at radius 1 is 1.00 bits per heavy atom. The van der Waals surface area contributed by atoms with E-state index in [-0.39, 0.29) is 5.91 Å². The Hall–Kier alpha value is -3.14. The minimum absolute atomic E-state index is 0.110. The summed E-state index contributed by atoms with van der Waals surface area (Å²) in [5.41, 5.74) is 4.10. The van der Waals surface area contributed by atoms with Gasteiger partial charge in [0.05, 0.1) is 5.56 Å². The van der Waals surface area contributed by atoms with Gasteiger partial charge >= 0.3 is 0 Å². The third-order valence-electron chi connectivity index (χ3n) is 4.82. The Morgan fingerprint density at radius 3 is 2.36 bits per heavy atom. The van der Waals surface area contributed by atoms with E-state index in [0.29, 0.717) is 18.2 Å². The number of nitrogens with zero attached hydrogens (tertiary/aromatic N) is 2. The fourth-order valence-electron chi connectivity index (χ4n) is 3.08. The number of hydrogen-bond donors (Lipinski definition) is 1. The predicted octanol–water partition coefficient (Wildman–Crippen LogP) is 4.74. The molecule has 0 unspecified atom stereocenters. The van der Waals surface area contributed by atoms with Gasteiger partial charge < -0.3 is 10.2 Å². The van der Waals surface area contributed by atoms with Gasteiger partial charge in [-0.15, -0.1) is 0 Å². The molecule has 0 spiro atoms. The summed E-state index contributed by atoms with van der Waals surface area (Å²) in [5, 5.41) is 2.97. The first-order valence-corrected chi connectivity index (χ1v) is 9.64. The fraction of sp³-hybridized carbons (Fsp3) is 0.250. The molecule has 0 saturated heterocycles. The fourth-order valence-corrected chi connectivity index (χ4v) is 3.08. The van der Waals surface area contributed by atoms with Crippen LogP contribution in [0.25, 0.3) is 0 Å². The molecule has 4 heteroatoms. The maximum atomic E-state index is 12.5. The van der Waals surface area contributed by atoms with Crippen molar-refractivity contribution in [2.75, 3.05) is 4.90 Å². The number of aromatic nitrogens is 1. The van der Waals surface area contributed by atoms with Crippen LogP contribution in [0.1, 0.15) is 40.9 Å². The maximum absolute atomic E-state index is 12.5. The van der Waals surface area contributed by atoms with E-state index < -0.39 is 0 Å². The number of hydrogen-bond acceptors (Lipinski definition) is 3. The topological polar surface area (TPSA) is 45.2 Å². The summed E-state index contributed by atoms with van der Waals surface area (Å²) in [6.45, 7) is 7.63. The molecule has 2 aromatic carbocycles. The van der Waals surface area contributed by atoms with Crippen LogP contribution in [0.4, 0.5) is 5.82 Å². The zero-order chi connectivity index (χ0) is 19.9. The summed E-state index contributed by atoms with van der Waals surface area (Å²) in [6, 6.07) is 22.5. The highest BCUT2D eigenvalue weighted by molar-refractivity contribution is 5.94. The highest BCUT2D eigenvalue weighted by Gasteiger charge is 2.14. The van der Waals surface area contributed by atoms with Gasteiger partial charge in [-0.25, -0.2) is 4.98 Å². The van der Waals surface area contributed by atoms with Crippen LogP contribution >= 0.6 is 0 Å². The molecule has 0 radical (unpaired) electrons. The lowest BCUT2D eigenvalue weighted by Crippen LogP contribution is -2.31. The molecule has 0 aliphatic rings. The van der Waals surface area contributed by atoms with Gasteiger partial charge in [0.1, 0.15) is 5.82 Å². The largest absolute Gasteiger partial charge is 0.350 e. The smallest absolute Gasteiger partial charge is 0.253 e. The highest BCUT2D eigenvalue weighted by Crippen LogP contribution is 2.18. The van der Waals surface area contributed by atoms with E-state index in [1.165, 1.54) is 11.1 Å². The number of amides is 1. The minimum atomic E-state index is -0.110. The summed E-state index contributed by atoms with van der Waals surface area (Å²) >= 11 is 0. The molecule has 28 heavy (non-hydrogen) atoms. The van der Waals surface area contributed by atoms with E-state index in [9.17, 15) is 4.79 Å². The Balaban J connectivity index is 1.67. The number of pyridine rings is 1. The molecular weight excluding hydrogens is 346 g/mol.